The number of carbonyl (C=O) groups is 3. The molecule has 0 aromatic heterocycles. The van der Waals surface area contributed by atoms with Gasteiger partial charge in [0.1, 0.15) is 5.78 Å². The van der Waals surface area contributed by atoms with Gasteiger partial charge in [-0.2, -0.15) is 0 Å². The third kappa shape index (κ3) is 22.9. The minimum Gasteiger partial charge on any atom is -0.396 e. The van der Waals surface area contributed by atoms with Crippen molar-refractivity contribution < 1.29 is 150 Å². The van der Waals surface area contributed by atoms with E-state index in [1.807, 2.05) is 0 Å². The van der Waals surface area contributed by atoms with Crippen molar-refractivity contribution in [3.63, 3.8) is 0 Å². The van der Waals surface area contributed by atoms with Crippen LogP contribution in [0, 0.1) is 5.41 Å². The van der Waals surface area contributed by atoms with Crippen LogP contribution >= 0.6 is 0 Å². The molecule has 0 spiro atoms. The Bertz CT molecular complexity index is 798. The SMILES string of the molecule is COOOOOOOOOOOOOCC(CO)(COOOOOOOOOOOOOC)CC(=O)CCCCCN1C(=O)C=CC1=O. The van der Waals surface area contributed by atoms with Crippen LogP contribution in [0.1, 0.15) is 32.1 Å². The Morgan fingerprint density at radius 1 is 0.583 bits per heavy atom. The number of imide groups is 1. The lowest BCUT2D eigenvalue weighted by Crippen LogP contribution is -2.38. The van der Waals surface area contributed by atoms with E-state index in [2.05, 4.69) is 121 Å². The van der Waals surface area contributed by atoms with Crippen LogP contribution in [0.3, 0.4) is 0 Å². The number of unbranched alkanes of at least 4 members (excludes halogenated alkanes) is 2. The zero-order valence-electron chi connectivity index (χ0n) is 24.3. The Morgan fingerprint density at radius 3 is 1.33 bits per heavy atom. The number of ketones is 1. The van der Waals surface area contributed by atoms with E-state index in [9.17, 15) is 19.5 Å². The summed E-state index contributed by atoms with van der Waals surface area (Å²) in [7, 11) is 2.15. The standard InChI is InChI=1S/C17H27NO30/c1-23-27-31-35-39-43-47-45-41-37-33-29-25-12-17(11-19,13-26-30-34-38-42-46-48-44-40-36-32-28-24-2)10-14(20)6-4-3-5-9-18-15(21)7-8-16(18)22/h7-8,19H,3-6,9-13H2,1-2H3. The zero-order chi connectivity index (χ0) is 35.0. The van der Waals surface area contributed by atoms with Crippen molar-refractivity contribution in [1.82, 2.24) is 4.90 Å². The topological polar surface area (TPSA) is 315 Å². The van der Waals surface area contributed by atoms with Crippen LogP contribution in [0.5, 0.6) is 0 Å². The van der Waals surface area contributed by atoms with Gasteiger partial charge in [-0.15, -0.1) is 0 Å². The molecule has 0 fully saturated rings. The number of rotatable bonds is 37. The highest BCUT2D eigenvalue weighted by Crippen LogP contribution is 2.25. The van der Waals surface area contributed by atoms with Gasteiger partial charge >= 0.3 is 0 Å². The van der Waals surface area contributed by atoms with Crippen LogP contribution in [0.2, 0.25) is 0 Å². The van der Waals surface area contributed by atoms with Gasteiger partial charge in [-0.1, -0.05) is 6.42 Å². The third-order valence-corrected chi connectivity index (χ3v) is 4.66. The monoisotopic (exact) mass is 725 g/mol. The maximum absolute atomic E-state index is 12.7. The van der Waals surface area contributed by atoms with E-state index in [0.29, 0.717) is 19.3 Å². The van der Waals surface area contributed by atoms with Crippen molar-refractivity contribution in [3.05, 3.63) is 12.2 Å². The summed E-state index contributed by atoms with van der Waals surface area (Å²) in [6.45, 7) is -1.88. The quantitative estimate of drug-likeness (QED) is 0.0349. The smallest absolute Gasteiger partial charge is 0.253 e. The molecule has 1 aliphatic rings. The first kappa shape index (κ1) is 43.5. The Hall–Kier alpha value is -2.53. The molecule has 0 atom stereocenters. The van der Waals surface area contributed by atoms with Crippen molar-refractivity contribution in [2.75, 3.05) is 40.6 Å². The van der Waals surface area contributed by atoms with Gasteiger partial charge in [-0.3, -0.25) is 19.3 Å². The number of aliphatic hydroxyl groups is 1. The van der Waals surface area contributed by atoms with E-state index < -0.39 is 43.5 Å². The maximum Gasteiger partial charge on any atom is 0.253 e. The lowest BCUT2D eigenvalue weighted by Gasteiger charge is -2.28. The lowest BCUT2D eigenvalue weighted by molar-refractivity contribution is -0.870. The van der Waals surface area contributed by atoms with Crippen LogP contribution in [0.25, 0.3) is 0 Å². The van der Waals surface area contributed by atoms with Crippen molar-refractivity contribution in [1.29, 1.82) is 0 Å². The average Bonchev–Trinajstić information content (AvgIpc) is 3.41. The van der Waals surface area contributed by atoms with E-state index in [1.165, 1.54) is 12.2 Å². The highest BCUT2D eigenvalue weighted by molar-refractivity contribution is 6.12. The summed E-state index contributed by atoms with van der Waals surface area (Å²) in [6.07, 6.45) is 3.25. The molecule has 0 aromatic rings. The van der Waals surface area contributed by atoms with Gasteiger partial charge in [0.15, 0.2) is 0 Å². The van der Waals surface area contributed by atoms with Gasteiger partial charge in [0.05, 0.1) is 39.5 Å². The molecule has 0 radical (unpaired) electrons. The van der Waals surface area contributed by atoms with Crippen molar-refractivity contribution in [2.24, 2.45) is 5.41 Å². The van der Waals surface area contributed by atoms with Gasteiger partial charge in [0, 0.05) is 31.5 Å². The van der Waals surface area contributed by atoms with Gasteiger partial charge in [0.2, 0.25) is 0 Å². The second-order valence-electron chi connectivity index (χ2n) is 7.70. The van der Waals surface area contributed by atoms with Crippen LogP contribution in [-0.2, 0) is 145 Å². The minimum absolute atomic E-state index is 0.0178. The van der Waals surface area contributed by atoms with E-state index >= 15 is 0 Å². The molecule has 0 aromatic carbocycles. The average molecular weight is 725 g/mol. The number of hydrogen-bond acceptors (Lipinski definition) is 30. The predicted molar refractivity (Wildman–Crippen MR) is 113 cm³/mol. The molecule has 1 heterocycles. The number of carbonyl (C=O) groups excluding carboxylic acids is 3. The van der Waals surface area contributed by atoms with Crippen molar-refractivity contribution in [3.8, 4) is 0 Å². The molecule has 31 heteroatoms. The van der Waals surface area contributed by atoms with Gasteiger partial charge in [-0.05, 0) is 124 Å². The summed E-state index contributed by atoms with van der Waals surface area (Å²) in [5.41, 5.74) is -1.59. The molecule has 280 valence electrons. The molecule has 0 saturated carbocycles. The molecule has 0 bridgehead atoms. The van der Waals surface area contributed by atoms with Crippen molar-refractivity contribution >= 4 is 17.6 Å². The molecule has 48 heavy (non-hydrogen) atoms. The molecule has 1 rings (SSSR count). The summed E-state index contributed by atoms with van der Waals surface area (Å²) in [5.74, 6) is -1.22. The maximum atomic E-state index is 12.7. The number of aliphatic hydroxyl groups excluding tert-OH is 1. The predicted octanol–water partition coefficient (Wildman–Crippen LogP) is -0.939. The lowest BCUT2D eigenvalue weighted by atomic mass is 9.84. The fraction of sp³-hybridized carbons (Fsp3) is 0.706. The molecule has 0 saturated heterocycles. The van der Waals surface area contributed by atoms with E-state index in [1.54, 1.807) is 0 Å². The van der Waals surface area contributed by atoms with E-state index in [0.717, 1.165) is 19.1 Å². The number of nitrogens with zero attached hydrogens (tertiary/aromatic N) is 1. The Kier molecular flexibility index (Phi) is 27.7. The number of amides is 2. The summed E-state index contributed by atoms with van der Waals surface area (Å²) in [5, 5.41) is 92.8. The van der Waals surface area contributed by atoms with Gasteiger partial charge in [-0.25, -0.2) is 19.6 Å². The molecule has 1 N–H and O–H groups in total. The van der Waals surface area contributed by atoms with E-state index in [-0.39, 0.29) is 18.7 Å². The normalized spacial score (nSPS) is 13.4. The number of hydrogen-bond donors (Lipinski definition) is 1. The summed E-state index contributed by atoms with van der Waals surface area (Å²) < 4.78 is 0. The first-order valence-electron chi connectivity index (χ1n) is 12.1. The molecule has 2 amide bonds. The molecule has 0 aliphatic carbocycles. The fourth-order valence-corrected chi connectivity index (χ4v) is 2.82. The Morgan fingerprint density at radius 2 is 0.958 bits per heavy atom. The minimum atomic E-state index is -1.59. The molecule has 31 nitrogen and oxygen atoms in total. The second-order valence-corrected chi connectivity index (χ2v) is 7.70. The molecular formula is C17H27NO30. The third-order valence-electron chi connectivity index (χ3n) is 4.66. The Balaban J connectivity index is 2.34. The van der Waals surface area contributed by atoms with Crippen LogP contribution in [-0.4, -0.2) is 68.2 Å². The van der Waals surface area contributed by atoms with Crippen LogP contribution in [0.15, 0.2) is 12.2 Å². The summed E-state index contributed by atoms with van der Waals surface area (Å²) >= 11 is 0. The molecule has 1 aliphatic heterocycles. The zero-order valence-corrected chi connectivity index (χ0v) is 24.3. The van der Waals surface area contributed by atoms with E-state index in [4.69, 9.17) is 9.78 Å². The largest absolute Gasteiger partial charge is 0.396 e. The van der Waals surface area contributed by atoms with Crippen LogP contribution < -0.4 is 0 Å². The first-order valence-corrected chi connectivity index (χ1v) is 12.1. The highest BCUT2D eigenvalue weighted by atomic mass is 18.0. The first-order chi connectivity index (χ1) is 23.5. The number of Topliss-reactive ketones (excluding diaryl/α,β-unsaturated/α-hetero) is 1. The van der Waals surface area contributed by atoms with Crippen LogP contribution in [0.4, 0.5) is 0 Å². The molecule has 0 unspecified atom stereocenters. The van der Waals surface area contributed by atoms with Crippen molar-refractivity contribution in [2.45, 2.75) is 32.1 Å². The van der Waals surface area contributed by atoms with Gasteiger partial charge < -0.3 is 5.11 Å². The summed E-state index contributed by atoms with van der Waals surface area (Å²) in [4.78, 5) is 54.2. The summed E-state index contributed by atoms with van der Waals surface area (Å²) in [6, 6.07) is 0. The van der Waals surface area contributed by atoms with Gasteiger partial charge in [0.25, 0.3) is 11.8 Å². The fourth-order valence-electron chi connectivity index (χ4n) is 2.82. The Labute approximate surface area is 263 Å². The molecular weight excluding hydrogens is 698 g/mol. The second kappa shape index (κ2) is 30.5. The highest BCUT2D eigenvalue weighted by Gasteiger charge is 2.35.